The second kappa shape index (κ2) is 10.9. The molecule has 0 saturated carbocycles. The van der Waals surface area contributed by atoms with Gasteiger partial charge in [0.05, 0.1) is 11.4 Å². The molecule has 0 aliphatic heterocycles. The normalized spacial score (nSPS) is 12.7. The topological polar surface area (TPSA) is 114 Å². The Morgan fingerprint density at radius 1 is 0.970 bits per heavy atom. The Balaban J connectivity index is 1.72. The van der Waals surface area contributed by atoms with Crippen LogP contribution in [0, 0.1) is 12.8 Å². The SMILES string of the molecule is Cc1ccc(NC(=O)O[C@@H](c2ccc(O)cc2)[C@H](C)/C=C/C(=O)Nc2ccccc2N)cc1. The predicted octanol–water partition coefficient (Wildman–Crippen LogP) is 5.40. The van der Waals surface area contributed by atoms with Gasteiger partial charge in [-0.1, -0.05) is 55.0 Å². The van der Waals surface area contributed by atoms with Crippen LogP contribution in [0.25, 0.3) is 0 Å². The number of aryl methyl sites for hydroxylation is 1. The number of aromatic hydroxyl groups is 1. The molecule has 3 rings (SSSR count). The Morgan fingerprint density at radius 3 is 2.30 bits per heavy atom. The molecule has 0 radical (unpaired) electrons. The van der Waals surface area contributed by atoms with E-state index in [-0.39, 0.29) is 17.6 Å². The fourth-order valence-corrected chi connectivity index (χ4v) is 3.17. The maximum Gasteiger partial charge on any atom is 0.412 e. The molecule has 2 amide bonds. The minimum absolute atomic E-state index is 0.102. The predicted molar refractivity (Wildman–Crippen MR) is 130 cm³/mol. The molecule has 0 spiro atoms. The summed E-state index contributed by atoms with van der Waals surface area (Å²) in [6, 6.07) is 20.7. The van der Waals surface area contributed by atoms with E-state index in [0.717, 1.165) is 5.56 Å². The largest absolute Gasteiger partial charge is 0.508 e. The van der Waals surface area contributed by atoms with E-state index in [1.165, 1.54) is 18.2 Å². The van der Waals surface area contributed by atoms with Crippen molar-refractivity contribution in [2.24, 2.45) is 5.92 Å². The van der Waals surface area contributed by atoms with E-state index in [1.807, 2.05) is 26.0 Å². The summed E-state index contributed by atoms with van der Waals surface area (Å²) in [6.07, 6.45) is 1.72. The maximum atomic E-state index is 12.6. The Hall–Kier alpha value is -4.26. The van der Waals surface area contributed by atoms with Crippen molar-refractivity contribution in [2.45, 2.75) is 20.0 Å². The first kappa shape index (κ1) is 23.4. The molecule has 0 fully saturated rings. The van der Waals surface area contributed by atoms with Gasteiger partial charge in [-0.3, -0.25) is 10.1 Å². The van der Waals surface area contributed by atoms with Crippen LogP contribution in [-0.2, 0) is 9.53 Å². The first-order valence-corrected chi connectivity index (χ1v) is 10.5. The van der Waals surface area contributed by atoms with E-state index in [1.54, 1.807) is 54.6 Å². The average Bonchev–Trinajstić information content (AvgIpc) is 2.80. The number of hydrogen-bond donors (Lipinski definition) is 4. The van der Waals surface area contributed by atoms with Gasteiger partial charge in [-0.25, -0.2) is 4.79 Å². The van der Waals surface area contributed by atoms with Crippen molar-refractivity contribution in [1.29, 1.82) is 0 Å². The zero-order chi connectivity index (χ0) is 23.8. The summed E-state index contributed by atoms with van der Waals surface area (Å²) in [5.74, 6) is -0.602. The van der Waals surface area contributed by atoms with Crippen LogP contribution in [0.5, 0.6) is 5.75 Å². The number of rotatable bonds is 7. The minimum atomic E-state index is -0.693. The smallest absolute Gasteiger partial charge is 0.412 e. The van der Waals surface area contributed by atoms with Crippen LogP contribution in [0.3, 0.4) is 0 Å². The van der Waals surface area contributed by atoms with Crippen molar-refractivity contribution in [1.82, 2.24) is 0 Å². The molecule has 0 saturated heterocycles. The van der Waals surface area contributed by atoms with Crippen LogP contribution in [0.4, 0.5) is 21.9 Å². The first-order chi connectivity index (χ1) is 15.8. The molecule has 0 aromatic heterocycles. The number of amides is 2. The van der Waals surface area contributed by atoms with E-state index >= 15 is 0 Å². The molecule has 0 aliphatic carbocycles. The summed E-state index contributed by atoms with van der Waals surface area (Å²) in [5.41, 5.74) is 9.21. The fraction of sp³-hybridized carbons (Fsp3) is 0.154. The zero-order valence-corrected chi connectivity index (χ0v) is 18.5. The lowest BCUT2D eigenvalue weighted by atomic mass is 9.96. The van der Waals surface area contributed by atoms with Crippen LogP contribution >= 0.6 is 0 Å². The molecule has 2 atom stereocenters. The van der Waals surface area contributed by atoms with Crippen molar-refractivity contribution < 1.29 is 19.4 Å². The standard InChI is InChI=1S/C26H27N3O4/c1-17-7-12-20(13-8-17)28-26(32)33-25(19-10-14-21(30)15-11-19)18(2)9-16-24(31)29-23-6-4-3-5-22(23)27/h3-16,18,25,30H,27H2,1-2H3,(H,28,32)(H,29,31)/b16-9+/t18-,25-/m1/s1. The number of ether oxygens (including phenoxy) is 1. The Kier molecular flexibility index (Phi) is 7.70. The number of carbonyl (C=O) groups is 2. The Morgan fingerprint density at radius 2 is 1.64 bits per heavy atom. The molecule has 0 aliphatic rings. The zero-order valence-electron chi connectivity index (χ0n) is 18.5. The molecule has 0 bridgehead atoms. The number of para-hydroxylation sites is 2. The van der Waals surface area contributed by atoms with Gasteiger partial charge in [-0.2, -0.15) is 0 Å². The Labute approximate surface area is 192 Å². The third kappa shape index (κ3) is 6.87. The summed E-state index contributed by atoms with van der Waals surface area (Å²) in [4.78, 5) is 24.9. The molecule has 0 unspecified atom stereocenters. The number of nitrogens with one attached hydrogen (secondary N) is 2. The summed E-state index contributed by atoms with van der Waals surface area (Å²) in [5, 5.41) is 15.1. The highest BCUT2D eigenvalue weighted by Crippen LogP contribution is 2.29. The molecule has 7 nitrogen and oxygen atoms in total. The number of anilines is 3. The van der Waals surface area contributed by atoms with Gasteiger partial charge in [0.1, 0.15) is 11.9 Å². The van der Waals surface area contributed by atoms with E-state index in [4.69, 9.17) is 10.5 Å². The molecule has 5 N–H and O–H groups in total. The number of phenolic OH excluding ortho intramolecular Hbond substituents is 1. The highest BCUT2D eigenvalue weighted by Gasteiger charge is 2.22. The molecular formula is C26H27N3O4. The third-order valence-corrected chi connectivity index (χ3v) is 5.00. The molecule has 0 heterocycles. The highest BCUT2D eigenvalue weighted by molar-refractivity contribution is 6.01. The van der Waals surface area contributed by atoms with Gasteiger partial charge in [0.2, 0.25) is 5.91 Å². The third-order valence-electron chi connectivity index (χ3n) is 5.00. The van der Waals surface area contributed by atoms with Crippen molar-refractivity contribution >= 4 is 29.1 Å². The molecule has 3 aromatic carbocycles. The molecule has 3 aromatic rings. The second-order valence-electron chi connectivity index (χ2n) is 7.70. The number of nitrogen functional groups attached to an aromatic ring is 1. The highest BCUT2D eigenvalue weighted by atomic mass is 16.6. The second-order valence-corrected chi connectivity index (χ2v) is 7.70. The van der Waals surface area contributed by atoms with Crippen LogP contribution < -0.4 is 16.4 Å². The number of benzene rings is 3. The van der Waals surface area contributed by atoms with Gasteiger partial charge in [-0.15, -0.1) is 0 Å². The van der Waals surface area contributed by atoms with E-state index in [9.17, 15) is 14.7 Å². The quantitative estimate of drug-likeness (QED) is 0.287. The summed E-state index contributed by atoms with van der Waals surface area (Å²) in [6.45, 7) is 3.79. The monoisotopic (exact) mass is 445 g/mol. The minimum Gasteiger partial charge on any atom is -0.508 e. The van der Waals surface area contributed by atoms with Gasteiger partial charge in [-0.05, 0) is 55.0 Å². The molecule has 170 valence electrons. The van der Waals surface area contributed by atoms with Gasteiger partial charge in [0.15, 0.2) is 0 Å². The van der Waals surface area contributed by atoms with Crippen LogP contribution in [0.2, 0.25) is 0 Å². The number of hydrogen-bond acceptors (Lipinski definition) is 5. The number of phenols is 1. The molecular weight excluding hydrogens is 418 g/mol. The number of carbonyl (C=O) groups excluding carboxylic acids is 2. The van der Waals surface area contributed by atoms with Crippen LogP contribution in [-0.4, -0.2) is 17.1 Å². The number of nitrogens with two attached hydrogens (primary N) is 1. The molecule has 33 heavy (non-hydrogen) atoms. The summed E-state index contributed by atoms with van der Waals surface area (Å²) < 4.78 is 5.71. The van der Waals surface area contributed by atoms with Crippen molar-refractivity contribution in [3.63, 3.8) is 0 Å². The van der Waals surface area contributed by atoms with Gasteiger partial charge in [0, 0.05) is 11.6 Å². The van der Waals surface area contributed by atoms with Gasteiger partial charge in [0.25, 0.3) is 0 Å². The summed E-state index contributed by atoms with van der Waals surface area (Å²) in [7, 11) is 0. The van der Waals surface area contributed by atoms with Gasteiger partial charge >= 0.3 is 6.09 Å². The fourth-order valence-electron chi connectivity index (χ4n) is 3.17. The van der Waals surface area contributed by atoms with Crippen molar-refractivity contribution in [3.05, 3.63) is 96.1 Å². The van der Waals surface area contributed by atoms with Crippen LogP contribution in [0.15, 0.2) is 84.9 Å². The van der Waals surface area contributed by atoms with Crippen LogP contribution in [0.1, 0.15) is 24.2 Å². The van der Waals surface area contributed by atoms with E-state index in [0.29, 0.717) is 22.6 Å². The molecule has 7 heteroatoms. The van der Waals surface area contributed by atoms with Gasteiger partial charge < -0.3 is 20.9 Å². The maximum absolute atomic E-state index is 12.6. The lowest BCUT2D eigenvalue weighted by Gasteiger charge is -2.23. The first-order valence-electron chi connectivity index (χ1n) is 10.5. The summed E-state index contributed by atoms with van der Waals surface area (Å²) >= 11 is 0. The lowest BCUT2D eigenvalue weighted by Crippen LogP contribution is -2.21. The lowest BCUT2D eigenvalue weighted by molar-refractivity contribution is -0.111. The Bertz CT molecular complexity index is 1130. The van der Waals surface area contributed by atoms with Crippen molar-refractivity contribution in [3.8, 4) is 5.75 Å². The van der Waals surface area contributed by atoms with E-state index < -0.39 is 12.2 Å². The van der Waals surface area contributed by atoms with E-state index in [2.05, 4.69) is 10.6 Å². The average molecular weight is 446 g/mol. The van der Waals surface area contributed by atoms with Crippen molar-refractivity contribution in [2.75, 3.05) is 16.4 Å².